The molecule has 0 aliphatic rings. The predicted octanol–water partition coefficient (Wildman–Crippen LogP) is 4.98. The Morgan fingerprint density at radius 3 is 2.14 bits per heavy atom. The molecular formula is C18H36O3. The highest BCUT2D eigenvalue weighted by Gasteiger charge is 2.24. The molecule has 0 heterocycles. The van der Waals surface area contributed by atoms with Crippen LogP contribution < -0.4 is 0 Å². The van der Waals surface area contributed by atoms with Crippen molar-refractivity contribution in [1.29, 1.82) is 0 Å². The van der Waals surface area contributed by atoms with E-state index in [0.717, 1.165) is 31.1 Å². The van der Waals surface area contributed by atoms with Crippen LogP contribution in [0.3, 0.4) is 0 Å². The molecule has 0 aliphatic heterocycles. The Kier molecular flexibility index (Phi) is 10.8. The van der Waals surface area contributed by atoms with E-state index < -0.39 is 0 Å². The van der Waals surface area contributed by atoms with Crippen molar-refractivity contribution >= 4 is 5.97 Å². The van der Waals surface area contributed by atoms with Gasteiger partial charge in [-0.05, 0) is 31.6 Å². The highest BCUT2D eigenvalue weighted by molar-refractivity contribution is 5.69. The molecular weight excluding hydrogens is 264 g/mol. The van der Waals surface area contributed by atoms with Gasteiger partial charge in [-0.25, -0.2) is 0 Å². The van der Waals surface area contributed by atoms with E-state index in [2.05, 4.69) is 27.7 Å². The highest BCUT2D eigenvalue weighted by atomic mass is 16.5. The Labute approximate surface area is 131 Å². The van der Waals surface area contributed by atoms with Crippen molar-refractivity contribution in [3.63, 3.8) is 0 Å². The fraction of sp³-hybridized carbons (Fsp3) is 0.944. The smallest absolute Gasteiger partial charge is 0.305 e. The minimum atomic E-state index is -0.203. The molecule has 2 unspecified atom stereocenters. The fourth-order valence-corrected chi connectivity index (χ4v) is 2.64. The Hall–Kier alpha value is -0.570. The molecule has 0 saturated carbocycles. The summed E-state index contributed by atoms with van der Waals surface area (Å²) in [5.74, 6) is 1.44. The molecule has 0 radical (unpaired) electrons. The molecule has 126 valence electrons. The maximum absolute atomic E-state index is 11.3. The predicted molar refractivity (Wildman–Crippen MR) is 88.4 cm³/mol. The van der Waals surface area contributed by atoms with Gasteiger partial charge in [-0.1, -0.05) is 52.9 Å². The van der Waals surface area contributed by atoms with Crippen molar-refractivity contribution in [3.05, 3.63) is 0 Å². The van der Waals surface area contributed by atoms with E-state index >= 15 is 0 Å². The lowest BCUT2D eigenvalue weighted by atomic mass is 9.89. The average Bonchev–Trinajstić information content (AvgIpc) is 2.44. The van der Waals surface area contributed by atoms with Crippen molar-refractivity contribution < 1.29 is 14.3 Å². The van der Waals surface area contributed by atoms with E-state index in [9.17, 15) is 4.79 Å². The summed E-state index contributed by atoms with van der Waals surface area (Å²) in [6.45, 7) is 9.02. The molecule has 3 heteroatoms. The molecule has 3 nitrogen and oxygen atoms in total. The lowest BCUT2D eigenvalue weighted by molar-refractivity contribution is -0.142. The van der Waals surface area contributed by atoms with Crippen LogP contribution in [0.2, 0.25) is 0 Å². The Balaban J connectivity index is 3.90. The summed E-state index contributed by atoms with van der Waals surface area (Å²) in [4.78, 5) is 11.3. The highest BCUT2D eigenvalue weighted by Crippen LogP contribution is 2.26. The first-order valence-corrected chi connectivity index (χ1v) is 8.45. The number of methoxy groups -OCH3 is 2. The summed E-state index contributed by atoms with van der Waals surface area (Å²) in [7, 11) is 3.18. The Morgan fingerprint density at radius 2 is 1.62 bits per heavy atom. The van der Waals surface area contributed by atoms with E-state index in [1.165, 1.54) is 32.8 Å². The number of esters is 1. The van der Waals surface area contributed by atoms with Gasteiger partial charge in [-0.3, -0.25) is 4.79 Å². The van der Waals surface area contributed by atoms with Crippen LogP contribution in [0.25, 0.3) is 0 Å². The molecule has 0 spiro atoms. The first kappa shape index (κ1) is 20.4. The zero-order chi connectivity index (χ0) is 16.3. The Morgan fingerprint density at radius 1 is 1.00 bits per heavy atom. The van der Waals surface area contributed by atoms with Gasteiger partial charge in [0.25, 0.3) is 0 Å². The molecule has 21 heavy (non-hydrogen) atoms. The molecule has 0 fully saturated rings. The summed E-state index contributed by atoms with van der Waals surface area (Å²) in [6.07, 6.45) is 8.58. The third kappa shape index (κ3) is 10.8. The summed E-state index contributed by atoms with van der Waals surface area (Å²) in [5, 5.41) is 0. The van der Waals surface area contributed by atoms with Crippen molar-refractivity contribution in [2.75, 3.05) is 14.2 Å². The molecule has 0 aliphatic carbocycles. The van der Waals surface area contributed by atoms with Crippen molar-refractivity contribution in [2.24, 2.45) is 11.8 Å². The van der Waals surface area contributed by atoms with Crippen LogP contribution in [-0.2, 0) is 14.3 Å². The second-order valence-electron chi connectivity index (χ2n) is 7.05. The largest absolute Gasteiger partial charge is 0.469 e. The summed E-state index contributed by atoms with van der Waals surface area (Å²) >= 11 is 0. The first-order valence-electron chi connectivity index (χ1n) is 8.45. The van der Waals surface area contributed by atoms with Gasteiger partial charge < -0.3 is 9.47 Å². The van der Waals surface area contributed by atoms with Crippen molar-refractivity contribution in [1.82, 2.24) is 0 Å². The average molecular weight is 300 g/mol. The lowest BCUT2D eigenvalue weighted by Gasteiger charge is -2.28. The summed E-state index contributed by atoms with van der Waals surface area (Å²) < 4.78 is 10.3. The quantitative estimate of drug-likeness (QED) is 0.477. The molecule has 0 rings (SSSR count). The standard InChI is InChI=1S/C18H36O3/c1-15(2)9-7-10-16(3)11-8-13-18(4,21-6)14-12-17(19)20-5/h15-16H,7-14H2,1-6H3. The zero-order valence-electron chi connectivity index (χ0n) is 15.0. The second-order valence-corrected chi connectivity index (χ2v) is 7.05. The van der Waals surface area contributed by atoms with E-state index in [-0.39, 0.29) is 11.6 Å². The van der Waals surface area contributed by atoms with E-state index in [1.54, 1.807) is 7.11 Å². The number of carbonyl (C=O) groups excluding carboxylic acids is 1. The molecule has 0 N–H and O–H groups in total. The molecule has 0 amide bonds. The van der Waals surface area contributed by atoms with Gasteiger partial charge in [0.1, 0.15) is 0 Å². The van der Waals surface area contributed by atoms with Gasteiger partial charge in [0.05, 0.1) is 12.7 Å². The molecule has 0 saturated heterocycles. The van der Waals surface area contributed by atoms with E-state index in [4.69, 9.17) is 9.47 Å². The third-order valence-electron chi connectivity index (χ3n) is 4.46. The van der Waals surface area contributed by atoms with Crippen LogP contribution in [0, 0.1) is 11.8 Å². The maximum atomic E-state index is 11.3. The third-order valence-corrected chi connectivity index (χ3v) is 4.46. The van der Waals surface area contributed by atoms with Crippen LogP contribution in [0.15, 0.2) is 0 Å². The van der Waals surface area contributed by atoms with Gasteiger partial charge in [-0.2, -0.15) is 0 Å². The van der Waals surface area contributed by atoms with Crippen LogP contribution in [0.5, 0.6) is 0 Å². The van der Waals surface area contributed by atoms with Gasteiger partial charge in [0.2, 0.25) is 0 Å². The molecule has 0 bridgehead atoms. The number of hydrogen-bond acceptors (Lipinski definition) is 3. The maximum Gasteiger partial charge on any atom is 0.305 e. The Bertz CT molecular complexity index is 276. The minimum Gasteiger partial charge on any atom is -0.469 e. The first-order chi connectivity index (χ1) is 9.83. The number of ether oxygens (including phenoxy) is 2. The SMILES string of the molecule is COC(=O)CCC(C)(CCCC(C)CCCC(C)C)OC. The van der Waals surface area contributed by atoms with E-state index in [1.807, 2.05) is 0 Å². The molecule has 2 atom stereocenters. The lowest BCUT2D eigenvalue weighted by Crippen LogP contribution is -2.28. The van der Waals surface area contributed by atoms with Crippen LogP contribution in [-0.4, -0.2) is 25.8 Å². The second kappa shape index (κ2) is 11.1. The summed E-state index contributed by atoms with van der Waals surface area (Å²) in [6, 6.07) is 0. The molecule has 0 aromatic heterocycles. The van der Waals surface area contributed by atoms with Crippen LogP contribution >= 0.6 is 0 Å². The number of carbonyl (C=O) groups is 1. The fourth-order valence-electron chi connectivity index (χ4n) is 2.64. The van der Waals surface area contributed by atoms with Crippen LogP contribution in [0.4, 0.5) is 0 Å². The number of hydrogen-bond donors (Lipinski definition) is 0. The zero-order valence-corrected chi connectivity index (χ0v) is 15.0. The summed E-state index contributed by atoms with van der Waals surface area (Å²) in [5.41, 5.74) is -0.203. The van der Waals surface area contributed by atoms with Crippen LogP contribution in [0.1, 0.15) is 79.1 Å². The van der Waals surface area contributed by atoms with Crippen molar-refractivity contribution in [2.45, 2.75) is 84.7 Å². The van der Waals surface area contributed by atoms with Gasteiger partial charge in [0, 0.05) is 13.5 Å². The topological polar surface area (TPSA) is 35.5 Å². The van der Waals surface area contributed by atoms with Gasteiger partial charge in [0.15, 0.2) is 0 Å². The van der Waals surface area contributed by atoms with Gasteiger partial charge >= 0.3 is 5.97 Å². The van der Waals surface area contributed by atoms with E-state index in [0.29, 0.717) is 6.42 Å². The van der Waals surface area contributed by atoms with Crippen molar-refractivity contribution in [3.8, 4) is 0 Å². The monoisotopic (exact) mass is 300 g/mol. The van der Waals surface area contributed by atoms with Gasteiger partial charge in [-0.15, -0.1) is 0 Å². The number of rotatable bonds is 12. The normalized spacial score (nSPS) is 15.8. The molecule has 0 aromatic rings. The minimum absolute atomic E-state index is 0.152. The molecule has 0 aromatic carbocycles.